The van der Waals surface area contributed by atoms with Gasteiger partial charge in [0.15, 0.2) is 0 Å². The van der Waals surface area contributed by atoms with Gasteiger partial charge in [-0.05, 0) is 37.1 Å². The maximum absolute atomic E-state index is 12.6. The Bertz CT molecular complexity index is 899. The van der Waals surface area contributed by atoms with Crippen molar-refractivity contribution in [2.75, 3.05) is 31.1 Å². The number of aromatic nitrogens is 2. The zero-order valence-corrected chi connectivity index (χ0v) is 15.6. The van der Waals surface area contributed by atoms with Gasteiger partial charge < -0.3 is 9.64 Å². The van der Waals surface area contributed by atoms with Crippen LogP contribution < -0.4 is 14.4 Å². The van der Waals surface area contributed by atoms with Gasteiger partial charge in [-0.2, -0.15) is 13.2 Å². The molecule has 28 heavy (non-hydrogen) atoms. The molecule has 1 N–H and O–H groups in total. The van der Waals surface area contributed by atoms with Gasteiger partial charge in [0.1, 0.15) is 18.8 Å². The zero-order chi connectivity index (χ0) is 20.2. The maximum atomic E-state index is 12.6. The summed E-state index contributed by atoms with van der Waals surface area (Å²) in [6.45, 7) is 1.79. The van der Waals surface area contributed by atoms with Crippen molar-refractivity contribution in [1.29, 1.82) is 0 Å². The van der Waals surface area contributed by atoms with Gasteiger partial charge in [0, 0.05) is 25.7 Å². The molecular weight excluding hydrogens is 397 g/mol. The molecule has 1 fully saturated rings. The number of hydrogen-bond acceptors (Lipinski definition) is 6. The van der Waals surface area contributed by atoms with Crippen molar-refractivity contribution in [3.8, 4) is 5.88 Å². The van der Waals surface area contributed by atoms with Crippen molar-refractivity contribution in [3.05, 3.63) is 42.2 Å². The molecule has 7 nitrogen and oxygen atoms in total. The highest BCUT2D eigenvalue weighted by Crippen LogP contribution is 2.29. The van der Waals surface area contributed by atoms with E-state index in [1.54, 1.807) is 6.07 Å². The monoisotopic (exact) mass is 416 g/mol. The van der Waals surface area contributed by atoms with Crippen LogP contribution in [0.4, 0.5) is 19.0 Å². The number of nitrogens with zero attached hydrogens (tertiary/aromatic N) is 3. The lowest BCUT2D eigenvalue weighted by molar-refractivity contribution is -0.137. The topological polar surface area (TPSA) is 84.4 Å². The van der Waals surface area contributed by atoms with E-state index in [4.69, 9.17) is 4.74 Å². The lowest BCUT2D eigenvalue weighted by Gasteiger charge is -2.16. The number of sulfonamides is 1. The molecule has 1 aliphatic heterocycles. The first-order chi connectivity index (χ1) is 13.3. The van der Waals surface area contributed by atoms with Gasteiger partial charge in [-0.1, -0.05) is 0 Å². The van der Waals surface area contributed by atoms with E-state index >= 15 is 0 Å². The third kappa shape index (κ3) is 5.10. The van der Waals surface area contributed by atoms with Crippen molar-refractivity contribution >= 4 is 15.8 Å². The van der Waals surface area contributed by atoms with E-state index in [9.17, 15) is 21.6 Å². The molecule has 0 aliphatic carbocycles. The van der Waals surface area contributed by atoms with Crippen LogP contribution in [-0.2, 0) is 16.2 Å². The van der Waals surface area contributed by atoms with Crippen LogP contribution >= 0.6 is 0 Å². The van der Waals surface area contributed by atoms with Crippen molar-refractivity contribution in [3.63, 3.8) is 0 Å². The third-order valence-corrected chi connectivity index (χ3v) is 5.67. The van der Waals surface area contributed by atoms with Gasteiger partial charge in [-0.3, -0.25) is 0 Å². The van der Waals surface area contributed by atoms with Gasteiger partial charge in [-0.15, -0.1) is 0 Å². The highest BCUT2D eigenvalue weighted by molar-refractivity contribution is 7.89. The Labute approximate surface area is 160 Å². The molecule has 1 aromatic heterocycles. The van der Waals surface area contributed by atoms with Crippen LogP contribution in [0.3, 0.4) is 0 Å². The molecule has 2 heterocycles. The second-order valence-corrected chi connectivity index (χ2v) is 7.94. The molecule has 3 rings (SSSR count). The summed E-state index contributed by atoms with van der Waals surface area (Å²) < 4.78 is 69.7. The maximum Gasteiger partial charge on any atom is 0.416 e. The van der Waals surface area contributed by atoms with Crippen LogP contribution in [0, 0.1) is 0 Å². The molecule has 1 aromatic carbocycles. The van der Waals surface area contributed by atoms with E-state index in [2.05, 4.69) is 19.6 Å². The lowest BCUT2D eigenvalue weighted by Crippen LogP contribution is -2.28. The molecular formula is C17H19F3N4O3S. The molecule has 11 heteroatoms. The lowest BCUT2D eigenvalue weighted by atomic mass is 10.2. The predicted molar refractivity (Wildman–Crippen MR) is 95.6 cm³/mol. The number of anilines is 1. The summed E-state index contributed by atoms with van der Waals surface area (Å²) in [6.07, 6.45) is -0.928. The second kappa shape index (κ2) is 8.31. The molecule has 0 bridgehead atoms. The third-order valence-electron chi connectivity index (χ3n) is 4.19. The quantitative estimate of drug-likeness (QED) is 0.698. The summed E-state index contributed by atoms with van der Waals surface area (Å²) in [5.74, 6) is 1.08. The van der Waals surface area contributed by atoms with E-state index in [0.717, 1.165) is 56.0 Å². The Morgan fingerprint density at radius 1 is 1.11 bits per heavy atom. The Kier molecular flexibility index (Phi) is 6.04. The van der Waals surface area contributed by atoms with Crippen LogP contribution in [0.1, 0.15) is 18.4 Å². The molecule has 0 amide bonds. The summed E-state index contributed by atoms with van der Waals surface area (Å²) in [5, 5.41) is 0. The molecule has 1 aliphatic rings. The van der Waals surface area contributed by atoms with E-state index in [-0.39, 0.29) is 18.0 Å². The average molecular weight is 416 g/mol. The summed E-state index contributed by atoms with van der Waals surface area (Å²) in [5.41, 5.74) is -0.910. The fourth-order valence-electron chi connectivity index (χ4n) is 2.77. The van der Waals surface area contributed by atoms with Crippen molar-refractivity contribution in [2.45, 2.75) is 23.9 Å². The van der Waals surface area contributed by atoms with E-state index in [1.165, 1.54) is 6.33 Å². The Hall–Kier alpha value is -2.40. The fourth-order valence-corrected chi connectivity index (χ4v) is 3.78. The van der Waals surface area contributed by atoms with Crippen LogP contribution in [0.25, 0.3) is 0 Å². The molecule has 0 unspecified atom stereocenters. The molecule has 152 valence electrons. The Balaban J connectivity index is 1.52. The first-order valence-corrected chi connectivity index (χ1v) is 10.1. The van der Waals surface area contributed by atoms with Crippen LogP contribution in [-0.4, -0.2) is 44.6 Å². The minimum absolute atomic E-state index is 0.0102. The summed E-state index contributed by atoms with van der Waals surface area (Å²) in [7, 11) is -3.94. The highest BCUT2D eigenvalue weighted by Gasteiger charge is 2.30. The minimum atomic E-state index is -4.52. The number of hydrogen-bond donors (Lipinski definition) is 1. The number of benzene rings is 1. The van der Waals surface area contributed by atoms with E-state index in [0.29, 0.717) is 5.88 Å². The average Bonchev–Trinajstić information content (AvgIpc) is 3.20. The first kappa shape index (κ1) is 20.3. The predicted octanol–water partition coefficient (Wildman–Crippen LogP) is 2.45. The SMILES string of the molecule is O=S(=O)(NCCOc1cc(N2CCCC2)ncn1)c1ccc(C(F)(F)F)cc1. The van der Waals surface area contributed by atoms with Crippen molar-refractivity contribution in [1.82, 2.24) is 14.7 Å². The summed E-state index contributed by atoms with van der Waals surface area (Å²) in [4.78, 5) is 10.0. The minimum Gasteiger partial charge on any atom is -0.476 e. The number of nitrogens with one attached hydrogen (secondary N) is 1. The van der Waals surface area contributed by atoms with Gasteiger partial charge in [-0.25, -0.2) is 23.1 Å². The fraction of sp³-hybridized carbons (Fsp3) is 0.412. The van der Waals surface area contributed by atoms with E-state index < -0.39 is 21.8 Å². The molecule has 1 saturated heterocycles. The van der Waals surface area contributed by atoms with Crippen LogP contribution in [0.2, 0.25) is 0 Å². The Morgan fingerprint density at radius 3 is 2.43 bits per heavy atom. The molecule has 0 atom stereocenters. The van der Waals surface area contributed by atoms with Gasteiger partial charge in [0.05, 0.1) is 10.5 Å². The number of ether oxygens (including phenoxy) is 1. The number of halogens is 3. The molecule has 0 spiro atoms. The van der Waals surface area contributed by atoms with Crippen LogP contribution in [0.5, 0.6) is 5.88 Å². The second-order valence-electron chi connectivity index (χ2n) is 6.18. The standard InChI is InChI=1S/C17H19F3N4O3S/c18-17(19,20)13-3-5-14(6-4-13)28(25,26)23-7-10-27-16-11-15(21-12-22-16)24-8-1-2-9-24/h3-6,11-12,23H,1-2,7-10H2. The zero-order valence-electron chi connectivity index (χ0n) is 14.8. The normalized spacial score (nSPS) is 15.0. The smallest absolute Gasteiger partial charge is 0.416 e. The van der Waals surface area contributed by atoms with Crippen LogP contribution in [0.15, 0.2) is 41.6 Å². The number of alkyl halides is 3. The largest absolute Gasteiger partial charge is 0.476 e. The molecule has 0 saturated carbocycles. The van der Waals surface area contributed by atoms with E-state index in [1.807, 2.05) is 0 Å². The highest BCUT2D eigenvalue weighted by atomic mass is 32.2. The van der Waals surface area contributed by atoms with Crippen molar-refractivity contribution < 1.29 is 26.3 Å². The van der Waals surface area contributed by atoms with Gasteiger partial charge in [0.2, 0.25) is 15.9 Å². The first-order valence-electron chi connectivity index (χ1n) is 8.62. The van der Waals surface area contributed by atoms with Gasteiger partial charge in [0.25, 0.3) is 0 Å². The Morgan fingerprint density at radius 2 is 1.79 bits per heavy atom. The summed E-state index contributed by atoms with van der Waals surface area (Å²) in [6, 6.07) is 4.98. The molecule has 2 aromatic rings. The molecule has 0 radical (unpaired) electrons. The summed E-state index contributed by atoms with van der Waals surface area (Å²) >= 11 is 0. The van der Waals surface area contributed by atoms with Crippen molar-refractivity contribution in [2.24, 2.45) is 0 Å². The number of rotatable bonds is 7. The van der Waals surface area contributed by atoms with Gasteiger partial charge >= 0.3 is 6.18 Å².